The molecule has 0 bridgehead atoms. The summed E-state index contributed by atoms with van der Waals surface area (Å²) in [5.41, 5.74) is 2.43. The number of nitrogens with one attached hydrogen (secondary N) is 1. The maximum Gasteiger partial charge on any atom is 0.255 e. The van der Waals surface area contributed by atoms with E-state index in [4.69, 9.17) is 14.2 Å². The molecule has 1 amide bonds. The normalized spacial score (nSPS) is 13.8. The molecule has 0 aromatic heterocycles. The third-order valence-electron chi connectivity index (χ3n) is 5.03. The third kappa shape index (κ3) is 5.45. The van der Waals surface area contributed by atoms with Crippen LogP contribution in [0.4, 0.5) is 5.69 Å². The lowest BCUT2D eigenvalue weighted by atomic mass is 10.1. The Bertz CT molecular complexity index is 820. The fourth-order valence-electron chi connectivity index (χ4n) is 3.68. The fraction of sp³-hybridized carbons (Fsp3) is 0.458. The zero-order valence-electron chi connectivity index (χ0n) is 18.2. The van der Waals surface area contributed by atoms with Crippen LogP contribution in [0.5, 0.6) is 17.2 Å². The Hall–Kier alpha value is -2.73. The van der Waals surface area contributed by atoms with Gasteiger partial charge in [-0.1, -0.05) is 18.2 Å². The number of carbonyl (C=O) groups is 1. The molecule has 1 fully saturated rings. The number of hydrogen-bond donors (Lipinski definition) is 1. The molecule has 1 heterocycles. The van der Waals surface area contributed by atoms with Crippen LogP contribution < -0.4 is 19.5 Å². The van der Waals surface area contributed by atoms with Gasteiger partial charge < -0.3 is 19.5 Å². The van der Waals surface area contributed by atoms with Crippen LogP contribution in [-0.2, 0) is 6.54 Å². The number of anilines is 1. The first-order valence-corrected chi connectivity index (χ1v) is 10.8. The van der Waals surface area contributed by atoms with Crippen molar-refractivity contribution in [2.24, 2.45) is 0 Å². The van der Waals surface area contributed by atoms with E-state index < -0.39 is 0 Å². The monoisotopic (exact) mass is 412 g/mol. The molecular formula is C24H32N2O4. The van der Waals surface area contributed by atoms with Crippen LogP contribution in [0.15, 0.2) is 36.4 Å². The third-order valence-corrected chi connectivity index (χ3v) is 5.03. The van der Waals surface area contributed by atoms with Gasteiger partial charge in [-0.25, -0.2) is 0 Å². The predicted octanol–water partition coefficient (Wildman–Crippen LogP) is 4.73. The fourth-order valence-corrected chi connectivity index (χ4v) is 3.68. The highest BCUT2D eigenvalue weighted by molar-refractivity contribution is 6.05. The molecule has 0 radical (unpaired) electrons. The van der Waals surface area contributed by atoms with Gasteiger partial charge in [0.25, 0.3) is 5.91 Å². The van der Waals surface area contributed by atoms with Crippen LogP contribution in [0, 0.1) is 0 Å². The van der Waals surface area contributed by atoms with E-state index >= 15 is 0 Å². The van der Waals surface area contributed by atoms with Gasteiger partial charge in [-0.3, -0.25) is 9.69 Å². The van der Waals surface area contributed by atoms with Gasteiger partial charge in [-0.2, -0.15) is 0 Å². The van der Waals surface area contributed by atoms with Crippen LogP contribution in [0.1, 0.15) is 49.5 Å². The largest absolute Gasteiger partial charge is 0.490 e. The molecule has 1 saturated heterocycles. The summed E-state index contributed by atoms with van der Waals surface area (Å²) in [6, 6.07) is 11.4. The molecule has 162 valence electrons. The number of ether oxygens (including phenoxy) is 3. The molecule has 30 heavy (non-hydrogen) atoms. The van der Waals surface area contributed by atoms with Crippen LogP contribution in [0.25, 0.3) is 0 Å². The minimum absolute atomic E-state index is 0.200. The molecular weight excluding hydrogens is 380 g/mol. The molecule has 0 spiro atoms. The van der Waals surface area contributed by atoms with Gasteiger partial charge in [0, 0.05) is 17.8 Å². The van der Waals surface area contributed by atoms with Crippen molar-refractivity contribution in [1.82, 2.24) is 4.90 Å². The number of likely N-dealkylation sites (tertiary alicyclic amines) is 1. The molecule has 1 N–H and O–H groups in total. The van der Waals surface area contributed by atoms with Gasteiger partial charge >= 0.3 is 0 Å². The van der Waals surface area contributed by atoms with Gasteiger partial charge in [-0.15, -0.1) is 0 Å². The molecule has 0 aliphatic carbocycles. The number of hydrogen-bond acceptors (Lipinski definition) is 5. The number of para-hydroxylation sites is 1. The molecule has 0 atom stereocenters. The summed E-state index contributed by atoms with van der Waals surface area (Å²) in [7, 11) is 0. The lowest BCUT2D eigenvalue weighted by molar-refractivity contribution is 0.102. The van der Waals surface area contributed by atoms with Crippen LogP contribution in [0.2, 0.25) is 0 Å². The minimum Gasteiger partial charge on any atom is -0.490 e. The summed E-state index contributed by atoms with van der Waals surface area (Å²) >= 11 is 0. The van der Waals surface area contributed by atoms with E-state index in [0.717, 1.165) is 30.9 Å². The van der Waals surface area contributed by atoms with Crippen molar-refractivity contribution in [2.75, 3.05) is 38.2 Å². The lowest BCUT2D eigenvalue weighted by Crippen LogP contribution is -2.20. The smallest absolute Gasteiger partial charge is 0.255 e. The molecule has 0 unspecified atom stereocenters. The highest BCUT2D eigenvalue weighted by Gasteiger charge is 2.20. The Morgan fingerprint density at radius 3 is 2.13 bits per heavy atom. The molecule has 6 nitrogen and oxygen atoms in total. The number of benzene rings is 2. The zero-order chi connectivity index (χ0) is 21.3. The van der Waals surface area contributed by atoms with Gasteiger partial charge in [-0.05, 0) is 70.5 Å². The molecule has 1 aliphatic rings. The van der Waals surface area contributed by atoms with Crippen molar-refractivity contribution in [3.63, 3.8) is 0 Å². The van der Waals surface area contributed by atoms with Crippen molar-refractivity contribution in [3.8, 4) is 17.2 Å². The van der Waals surface area contributed by atoms with Crippen molar-refractivity contribution < 1.29 is 19.0 Å². The Morgan fingerprint density at radius 2 is 1.53 bits per heavy atom. The summed E-state index contributed by atoms with van der Waals surface area (Å²) in [6.07, 6.45) is 2.47. The summed E-state index contributed by atoms with van der Waals surface area (Å²) in [6.45, 7) is 10.2. The van der Waals surface area contributed by atoms with E-state index in [9.17, 15) is 4.79 Å². The first-order chi connectivity index (χ1) is 14.7. The quantitative estimate of drug-likeness (QED) is 0.611. The Labute approximate surface area is 179 Å². The summed E-state index contributed by atoms with van der Waals surface area (Å²) in [4.78, 5) is 15.5. The van der Waals surface area contributed by atoms with E-state index in [0.29, 0.717) is 42.6 Å². The lowest BCUT2D eigenvalue weighted by Gasteiger charge is -2.19. The first-order valence-electron chi connectivity index (χ1n) is 10.8. The molecule has 2 aromatic carbocycles. The highest BCUT2D eigenvalue weighted by Crippen LogP contribution is 2.39. The SMILES string of the molecule is CCOc1cc(C(=O)Nc2ccccc2CN2CCCC2)cc(OCC)c1OCC. The zero-order valence-corrected chi connectivity index (χ0v) is 18.2. The topological polar surface area (TPSA) is 60.0 Å². The predicted molar refractivity (Wildman–Crippen MR) is 119 cm³/mol. The van der Waals surface area contributed by atoms with Crippen molar-refractivity contribution in [2.45, 2.75) is 40.2 Å². The van der Waals surface area contributed by atoms with E-state index in [2.05, 4.69) is 16.3 Å². The Balaban J connectivity index is 1.86. The minimum atomic E-state index is -0.200. The molecule has 2 aromatic rings. The number of nitrogens with zero attached hydrogens (tertiary/aromatic N) is 1. The van der Waals surface area contributed by atoms with Crippen molar-refractivity contribution in [1.29, 1.82) is 0 Å². The van der Waals surface area contributed by atoms with Gasteiger partial charge in [0.1, 0.15) is 0 Å². The van der Waals surface area contributed by atoms with E-state index in [1.807, 2.05) is 39.0 Å². The molecule has 0 saturated carbocycles. The van der Waals surface area contributed by atoms with Crippen molar-refractivity contribution >= 4 is 11.6 Å². The second-order valence-corrected chi connectivity index (χ2v) is 7.20. The van der Waals surface area contributed by atoms with Crippen LogP contribution >= 0.6 is 0 Å². The van der Waals surface area contributed by atoms with Crippen molar-refractivity contribution in [3.05, 3.63) is 47.5 Å². The van der Waals surface area contributed by atoms with Crippen LogP contribution in [0.3, 0.4) is 0 Å². The summed E-state index contributed by atoms with van der Waals surface area (Å²) in [5.74, 6) is 1.36. The first kappa shape index (κ1) is 22.0. The average Bonchev–Trinajstić information content (AvgIpc) is 3.25. The molecule has 6 heteroatoms. The highest BCUT2D eigenvalue weighted by atomic mass is 16.5. The van der Waals surface area contributed by atoms with Gasteiger partial charge in [0.15, 0.2) is 11.5 Å². The van der Waals surface area contributed by atoms with Gasteiger partial charge in [0.2, 0.25) is 5.75 Å². The standard InChI is InChI=1S/C24H32N2O4/c1-4-28-21-15-19(16-22(29-5-2)23(21)30-6-3)24(27)25-20-12-8-7-11-18(20)17-26-13-9-10-14-26/h7-8,11-12,15-16H,4-6,9-10,13-14,17H2,1-3H3,(H,25,27). The van der Waals surface area contributed by atoms with E-state index in [-0.39, 0.29) is 5.91 Å². The molecule has 3 rings (SSSR count). The summed E-state index contributed by atoms with van der Waals surface area (Å²) in [5, 5.41) is 3.07. The second kappa shape index (κ2) is 10.9. The Morgan fingerprint density at radius 1 is 0.933 bits per heavy atom. The van der Waals surface area contributed by atoms with E-state index in [1.165, 1.54) is 12.8 Å². The maximum atomic E-state index is 13.1. The number of amides is 1. The maximum absolute atomic E-state index is 13.1. The van der Waals surface area contributed by atoms with E-state index in [1.54, 1.807) is 12.1 Å². The van der Waals surface area contributed by atoms with Crippen LogP contribution in [-0.4, -0.2) is 43.7 Å². The summed E-state index contributed by atoms with van der Waals surface area (Å²) < 4.78 is 17.2. The number of rotatable bonds is 10. The Kier molecular flexibility index (Phi) is 7.97. The molecule has 1 aliphatic heterocycles. The average molecular weight is 413 g/mol. The van der Waals surface area contributed by atoms with Gasteiger partial charge in [0.05, 0.1) is 19.8 Å². The number of carbonyl (C=O) groups excluding carboxylic acids is 1. The second-order valence-electron chi connectivity index (χ2n) is 7.20.